The smallest absolute Gasteiger partial charge is 0.313 e. The largest absolute Gasteiger partial charge is 0.497 e. The second kappa shape index (κ2) is 10.2. The predicted octanol–water partition coefficient (Wildman–Crippen LogP) is 2.31. The number of rotatable bonds is 8. The lowest BCUT2D eigenvalue weighted by Crippen LogP contribution is -2.36. The summed E-state index contributed by atoms with van der Waals surface area (Å²) in [6.07, 6.45) is 1.25. The number of anilines is 1. The quantitative estimate of drug-likeness (QED) is 0.634. The number of carbonyl (C=O) groups excluding carboxylic acids is 2. The molecule has 0 aliphatic heterocycles. The molecule has 6 heteroatoms. The Morgan fingerprint density at radius 1 is 1.04 bits per heavy atom. The first kappa shape index (κ1) is 19.5. The maximum atomic E-state index is 12.0. The minimum Gasteiger partial charge on any atom is -0.497 e. The van der Waals surface area contributed by atoms with Crippen LogP contribution in [0.25, 0.3) is 0 Å². The van der Waals surface area contributed by atoms with E-state index in [1.54, 1.807) is 24.3 Å². The van der Waals surface area contributed by atoms with Crippen LogP contribution in [0.2, 0.25) is 0 Å². The Balaban J connectivity index is 1.83. The van der Waals surface area contributed by atoms with Crippen molar-refractivity contribution in [1.29, 1.82) is 0 Å². The van der Waals surface area contributed by atoms with E-state index in [-0.39, 0.29) is 12.5 Å². The van der Waals surface area contributed by atoms with Crippen LogP contribution in [0.4, 0.5) is 5.69 Å². The number of carbonyl (C=O) groups is 2. The van der Waals surface area contributed by atoms with Crippen LogP contribution in [0, 0.1) is 0 Å². The summed E-state index contributed by atoms with van der Waals surface area (Å²) in [6.45, 7) is 0.424. The number of hydrogen-bond acceptors (Lipinski definition) is 4. The molecule has 2 aromatic rings. The number of methoxy groups -OCH3 is 1. The Labute approximate surface area is 153 Å². The number of aliphatic hydroxyl groups excluding tert-OH is 1. The van der Waals surface area contributed by atoms with Crippen molar-refractivity contribution in [1.82, 2.24) is 5.32 Å². The third kappa shape index (κ3) is 5.89. The molecule has 0 heterocycles. The Kier molecular flexibility index (Phi) is 7.64. The van der Waals surface area contributed by atoms with Crippen LogP contribution in [-0.4, -0.2) is 37.2 Å². The molecule has 0 spiro atoms. The van der Waals surface area contributed by atoms with Crippen LogP contribution >= 0.6 is 0 Å². The van der Waals surface area contributed by atoms with Crippen LogP contribution in [0.3, 0.4) is 0 Å². The van der Waals surface area contributed by atoms with Crippen molar-refractivity contribution in [2.45, 2.75) is 18.8 Å². The van der Waals surface area contributed by atoms with Crippen molar-refractivity contribution in [2.75, 3.05) is 25.6 Å². The van der Waals surface area contributed by atoms with E-state index < -0.39 is 11.8 Å². The predicted molar refractivity (Wildman–Crippen MR) is 100 cm³/mol. The summed E-state index contributed by atoms with van der Waals surface area (Å²) < 4.78 is 5.08. The monoisotopic (exact) mass is 356 g/mol. The Hall–Kier alpha value is -2.86. The van der Waals surface area contributed by atoms with Gasteiger partial charge in [0.2, 0.25) is 0 Å². The highest BCUT2D eigenvalue weighted by Crippen LogP contribution is 2.22. The first-order chi connectivity index (χ1) is 12.6. The van der Waals surface area contributed by atoms with Crippen molar-refractivity contribution in [3.8, 4) is 5.75 Å². The molecule has 2 amide bonds. The van der Waals surface area contributed by atoms with Gasteiger partial charge >= 0.3 is 11.8 Å². The standard InChI is InChI=1S/C20H24N2O4/c1-26-18-9-5-8-17(14-18)22-20(25)19(24)21-12-10-16(11-13-23)15-6-3-2-4-7-15/h2-9,14,16,23H,10-13H2,1H3,(H,21,24)(H,22,25). The van der Waals surface area contributed by atoms with Gasteiger partial charge in [-0.25, -0.2) is 0 Å². The van der Waals surface area contributed by atoms with Gasteiger partial charge in [0.05, 0.1) is 7.11 Å². The van der Waals surface area contributed by atoms with E-state index in [4.69, 9.17) is 4.74 Å². The summed E-state index contributed by atoms with van der Waals surface area (Å²) in [6, 6.07) is 16.6. The van der Waals surface area contributed by atoms with Gasteiger partial charge in [0.1, 0.15) is 5.75 Å². The van der Waals surface area contributed by atoms with Gasteiger partial charge in [-0.15, -0.1) is 0 Å². The molecule has 6 nitrogen and oxygen atoms in total. The van der Waals surface area contributed by atoms with Gasteiger partial charge in [-0.2, -0.15) is 0 Å². The fourth-order valence-electron chi connectivity index (χ4n) is 2.69. The molecule has 0 saturated heterocycles. The maximum absolute atomic E-state index is 12.0. The van der Waals surface area contributed by atoms with Gasteiger partial charge in [0.25, 0.3) is 0 Å². The average molecular weight is 356 g/mol. The molecule has 0 fully saturated rings. The molecule has 1 unspecified atom stereocenters. The van der Waals surface area contributed by atoms with Crippen molar-refractivity contribution >= 4 is 17.5 Å². The van der Waals surface area contributed by atoms with Crippen LogP contribution < -0.4 is 15.4 Å². The Bertz CT molecular complexity index is 719. The van der Waals surface area contributed by atoms with Gasteiger partial charge in [-0.1, -0.05) is 36.4 Å². The Morgan fingerprint density at radius 3 is 2.50 bits per heavy atom. The van der Waals surface area contributed by atoms with E-state index in [0.717, 1.165) is 5.56 Å². The molecule has 2 aromatic carbocycles. The van der Waals surface area contributed by atoms with Crippen molar-refractivity contribution in [2.24, 2.45) is 0 Å². The van der Waals surface area contributed by atoms with E-state index in [1.807, 2.05) is 30.3 Å². The molecule has 3 N–H and O–H groups in total. The highest BCUT2D eigenvalue weighted by molar-refractivity contribution is 6.39. The van der Waals surface area contributed by atoms with Crippen LogP contribution in [-0.2, 0) is 9.59 Å². The van der Waals surface area contributed by atoms with Crippen molar-refractivity contribution in [3.05, 3.63) is 60.2 Å². The molecule has 0 aliphatic carbocycles. The fourth-order valence-corrected chi connectivity index (χ4v) is 2.69. The summed E-state index contributed by atoms with van der Waals surface area (Å²) in [4.78, 5) is 24.0. The van der Waals surface area contributed by atoms with E-state index in [0.29, 0.717) is 30.8 Å². The lowest BCUT2D eigenvalue weighted by Gasteiger charge is -2.16. The highest BCUT2D eigenvalue weighted by Gasteiger charge is 2.15. The molecule has 0 saturated carbocycles. The number of nitrogens with one attached hydrogen (secondary N) is 2. The number of ether oxygens (including phenoxy) is 1. The second-order valence-corrected chi connectivity index (χ2v) is 5.85. The minimum absolute atomic E-state index is 0.0732. The maximum Gasteiger partial charge on any atom is 0.313 e. The molecule has 0 aromatic heterocycles. The summed E-state index contributed by atoms with van der Waals surface area (Å²) in [7, 11) is 1.53. The molecule has 138 valence electrons. The minimum atomic E-state index is -0.725. The van der Waals surface area contributed by atoms with Gasteiger partial charge in [0, 0.05) is 24.9 Å². The summed E-state index contributed by atoms with van der Waals surface area (Å²) >= 11 is 0. The highest BCUT2D eigenvalue weighted by atomic mass is 16.5. The molecule has 1 atom stereocenters. The third-order valence-corrected chi connectivity index (χ3v) is 4.06. The molecule has 0 bridgehead atoms. The zero-order valence-corrected chi connectivity index (χ0v) is 14.8. The topological polar surface area (TPSA) is 87.7 Å². The SMILES string of the molecule is COc1cccc(NC(=O)C(=O)NCCC(CCO)c2ccccc2)c1. The fraction of sp³-hybridized carbons (Fsp3) is 0.300. The van der Waals surface area contributed by atoms with Crippen LogP contribution in [0.5, 0.6) is 5.75 Å². The number of amides is 2. The van der Waals surface area contributed by atoms with Crippen LogP contribution in [0.1, 0.15) is 24.3 Å². The second-order valence-electron chi connectivity index (χ2n) is 5.85. The molecule has 2 rings (SSSR count). The van der Waals surface area contributed by atoms with Crippen molar-refractivity contribution < 1.29 is 19.4 Å². The van der Waals surface area contributed by atoms with E-state index in [2.05, 4.69) is 10.6 Å². The van der Waals surface area contributed by atoms with Gasteiger partial charge in [-0.3, -0.25) is 9.59 Å². The summed E-state index contributed by atoms with van der Waals surface area (Å²) in [5, 5.41) is 14.4. The van der Waals surface area contributed by atoms with E-state index >= 15 is 0 Å². The average Bonchev–Trinajstić information content (AvgIpc) is 2.68. The number of benzene rings is 2. The lowest BCUT2D eigenvalue weighted by molar-refractivity contribution is -0.136. The molecular formula is C20H24N2O4. The summed E-state index contributed by atoms with van der Waals surface area (Å²) in [5.74, 6) is -0.693. The summed E-state index contributed by atoms with van der Waals surface area (Å²) in [5.41, 5.74) is 1.60. The zero-order chi connectivity index (χ0) is 18.8. The zero-order valence-electron chi connectivity index (χ0n) is 14.8. The molecule has 0 radical (unpaired) electrons. The first-order valence-corrected chi connectivity index (χ1v) is 8.53. The van der Waals surface area contributed by atoms with Gasteiger partial charge < -0.3 is 20.5 Å². The third-order valence-electron chi connectivity index (χ3n) is 4.06. The van der Waals surface area contributed by atoms with Crippen molar-refractivity contribution in [3.63, 3.8) is 0 Å². The van der Waals surface area contributed by atoms with Gasteiger partial charge in [0.15, 0.2) is 0 Å². The molecular weight excluding hydrogens is 332 g/mol. The van der Waals surface area contributed by atoms with Gasteiger partial charge in [-0.05, 0) is 36.5 Å². The normalized spacial score (nSPS) is 11.5. The van der Waals surface area contributed by atoms with Crippen LogP contribution in [0.15, 0.2) is 54.6 Å². The first-order valence-electron chi connectivity index (χ1n) is 8.53. The Morgan fingerprint density at radius 2 is 1.81 bits per heavy atom. The van der Waals surface area contributed by atoms with E-state index in [9.17, 15) is 14.7 Å². The molecule has 26 heavy (non-hydrogen) atoms. The lowest BCUT2D eigenvalue weighted by atomic mass is 9.93. The number of aliphatic hydroxyl groups is 1. The molecule has 0 aliphatic rings. The van der Waals surface area contributed by atoms with E-state index in [1.165, 1.54) is 7.11 Å². The number of hydrogen-bond donors (Lipinski definition) is 3.